The molecule has 2 heterocycles. The number of hydrogen-bond donors (Lipinski definition) is 2. The molecule has 1 aromatic carbocycles. The summed E-state index contributed by atoms with van der Waals surface area (Å²) in [4.78, 5) is 17.6. The molecule has 0 bridgehead atoms. The summed E-state index contributed by atoms with van der Waals surface area (Å²) in [5.74, 6) is -0.573. The molecule has 1 aliphatic rings. The minimum Gasteiger partial charge on any atom is -0.395 e. The minimum absolute atomic E-state index is 0.0373. The van der Waals surface area contributed by atoms with Crippen molar-refractivity contribution in [2.75, 3.05) is 25.0 Å². The zero-order valence-corrected chi connectivity index (χ0v) is 12.6. The van der Waals surface area contributed by atoms with Crippen LogP contribution in [0.25, 0.3) is 0 Å². The molecule has 0 radical (unpaired) electrons. The van der Waals surface area contributed by atoms with Crippen LogP contribution >= 0.6 is 0 Å². The van der Waals surface area contributed by atoms with E-state index >= 15 is 0 Å². The number of aliphatic hydroxyl groups excluding tert-OH is 1. The summed E-state index contributed by atoms with van der Waals surface area (Å²) in [5, 5.41) is 12.4. The molecular weight excluding hydrogens is 297 g/mol. The van der Waals surface area contributed by atoms with Crippen molar-refractivity contribution in [2.24, 2.45) is 0 Å². The standard InChI is InChI=1S/C17H18FN3O2/c18-14-10-19-8-6-15(14)20-16(23)21-9-7-17(11-21,12-22)13-4-2-1-3-5-13/h1-6,8,10,22H,7,9,11-12H2,(H,19,20,23). The lowest BCUT2D eigenvalue weighted by Gasteiger charge is -2.27. The van der Waals surface area contributed by atoms with Crippen LogP contribution in [0.15, 0.2) is 48.8 Å². The molecule has 1 unspecified atom stereocenters. The topological polar surface area (TPSA) is 65.5 Å². The Morgan fingerprint density at radius 2 is 2.13 bits per heavy atom. The first kappa shape index (κ1) is 15.4. The van der Waals surface area contributed by atoms with Gasteiger partial charge in [0.25, 0.3) is 0 Å². The third-order valence-corrected chi connectivity index (χ3v) is 4.34. The summed E-state index contributed by atoms with van der Waals surface area (Å²) in [6.45, 7) is 0.866. The van der Waals surface area contributed by atoms with Gasteiger partial charge in [-0.3, -0.25) is 4.98 Å². The Bertz CT molecular complexity index is 695. The van der Waals surface area contributed by atoms with Gasteiger partial charge in [0.05, 0.1) is 18.5 Å². The van der Waals surface area contributed by atoms with Gasteiger partial charge < -0.3 is 15.3 Å². The number of pyridine rings is 1. The summed E-state index contributed by atoms with van der Waals surface area (Å²) in [5.41, 5.74) is 0.647. The van der Waals surface area contributed by atoms with Crippen molar-refractivity contribution < 1.29 is 14.3 Å². The molecule has 5 nitrogen and oxygen atoms in total. The molecule has 1 fully saturated rings. The molecule has 1 aromatic heterocycles. The number of amides is 2. The van der Waals surface area contributed by atoms with Gasteiger partial charge in [-0.15, -0.1) is 0 Å². The summed E-state index contributed by atoms with van der Waals surface area (Å²) in [6.07, 6.45) is 3.14. The molecule has 2 N–H and O–H groups in total. The average Bonchev–Trinajstić information content (AvgIpc) is 3.04. The van der Waals surface area contributed by atoms with E-state index in [0.29, 0.717) is 19.5 Å². The maximum absolute atomic E-state index is 13.6. The third kappa shape index (κ3) is 3.03. The van der Waals surface area contributed by atoms with Crippen LogP contribution in [0, 0.1) is 5.82 Å². The monoisotopic (exact) mass is 315 g/mol. The van der Waals surface area contributed by atoms with E-state index in [9.17, 15) is 14.3 Å². The Kier molecular flexibility index (Phi) is 4.25. The molecule has 1 atom stereocenters. The number of urea groups is 1. The van der Waals surface area contributed by atoms with E-state index in [1.165, 1.54) is 12.3 Å². The van der Waals surface area contributed by atoms with E-state index in [1.807, 2.05) is 30.3 Å². The predicted molar refractivity (Wildman–Crippen MR) is 84.6 cm³/mol. The number of benzene rings is 1. The molecule has 0 spiro atoms. The van der Waals surface area contributed by atoms with Crippen molar-refractivity contribution in [3.63, 3.8) is 0 Å². The van der Waals surface area contributed by atoms with E-state index in [0.717, 1.165) is 11.8 Å². The van der Waals surface area contributed by atoms with Crippen molar-refractivity contribution >= 4 is 11.7 Å². The number of nitrogens with one attached hydrogen (secondary N) is 1. The number of carbonyl (C=O) groups is 1. The van der Waals surface area contributed by atoms with E-state index < -0.39 is 11.2 Å². The lowest BCUT2D eigenvalue weighted by atomic mass is 9.80. The third-order valence-electron chi connectivity index (χ3n) is 4.34. The van der Waals surface area contributed by atoms with E-state index in [4.69, 9.17) is 0 Å². The molecule has 1 aliphatic heterocycles. The molecule has 0 saturated carbocycles. The zero-order chi connectivity index (χ0) is 16.3. The zero-order valence-electron chi connectivity index (χ0n) is 12.6. The molecule has 2 amide bonds. The molecule has 3 rings (SSSR count). The van der Waals surface area contributed by atoms with Crippen molar-refractivity contribution in [1.82, 2.24) is 9.88 Å². The van der Waals surface area contributed by atoms with Crippen LogP contribution in [0.3, 0.4) is 0 Å². The highest BCUT2D eigenvalue weighted by molar-refractivity contribution is 5.89. The van der Waals surface area contributed by atoms with Crippen molar-refractivity contribution in [2.45, 2.75) is 11.8 Å². The molecule has 0 aliphatic carbocycles. The second-order valence-corrected chi connectivity index (χ2v) is 5.76. The number of hydrogen-bond acceptors (Lipinski definition) is 3. The molecule has 120 valence electrons. The van der Waals surface area contributed by atoms with Gasteiger partial charge in [-0.25, -0.2) is 9.18 Å². The average molecular weight is 315 g/mol. The lowest BCUT2D eigenvalue weighted by Crippen LogP contribution is -2.39. The molecule has 6 heteroatoms. The SMILES string of the molecule is O=C(Nc1ccncc1F)N1CCC(CO)(c2ccccc2)C1. The molecule has 1 saturated heterocycles. The lowest BCUT2D eigenvalue weighted by molar-refractivity contribution is 0.188. The summed E-state index contributed by atoms with van der Waals surface area (Å²) >= 11 is 0. The number of nitrogens with zero attached hydrogens (tertiary/aromatic N) is 2. The van der Waals surface area contributed by atoms with Crippen LogP contribution in [-0.2, 0) is 5.41 Å². The number of likely N-dealkylation sites (tertiary alicyclic amines) is 1. The van der Waals surface area contributed by atoms with Crippen LogP contribution in [0.4, 0.5) is 14.9 Å². The maximum atomic E-state index is 13.6. The van der Waals surface area contributed by atoms with Gasteiger partial charge in [-0.05, 0) is 18.1 Å². The first-order valence-corrected chi connectivity index (χ1v) is 7.46. The Labute approximate surface area is 133 Å². The Morgan fingerprint density at radius 3 is 2.83 bits per heavy atom. The van der Waals surface area contributed by atoms with Gasteiger partial charge in [-0.1, -0.05) is 30.3 Å². The first-order valence-electron chi connectivity index (χ1n) is 7.46. The van der Waals surface area contributed by atoms with E-state index in [2.05, 4.69) is 10.3 Å². The Morgan fingerprint density at radius 1 is 1.35 bits per heavy atom. The number of anilines is 1. The molecule has 23 heavy (non-hydrogen) atoms. The van der Waals surface area contributed by atoms with Crippen molar-refractivity contribution in [3.05, 3.63) is 60.2 Å². The quantitative estimate of drug-likeness (QED) is 0.914. The highest BCUT2D eigenvalue weighted by atomic mass is 19.1. The number of aliphatic hydroxyl groups is 1. The second kappa shape index (κ2) is 6.34. The predicted octanol–water partition coefficient (Wildman–Crippen LogP) is 2.39. The van der Waals surface area contributed by atoms with Gasteiger partial charge >= 0.3 is 6.03 Å². The largest absolute Gasteiger partial charge is 0.395 e. The van der Waals surface area contributed by atoms with Crippen molar-refractivity contribution in [3.8, 4) is 0 Å². The molecular formula is C17H18FN3O2. The first-order chi connectivity index (χ1) is 11.1. The van der Waals surface area contributed by atoms with E-state index in [1.54, 1.807) is 4.90 Å². The van der Waals surface area contributed by atoms with Crippen molar-refractivity contribution in [1.29, 1.82) is 0 Å². The summed E-state index contributed by atoms with van der Waals surface area (Å²) in [7, 11) is 0. The van der Waals surface area contributed by atoms with Gasteiger partial charge in [0.2, 0.25) is 0 Å². The Balaban J connectivity index is 1.74. The fourth-order valence-electron chi connectivity index (χ4n) is 2.96. The molecule has 2 aromatic rings. The van der Waals surface area contributed by atoms with Crippen LogP contribution in [0.2, 0.25) is 0 Å². The van der Waals surface area contributed by atoms with E-state index in [-0.39, 0.29) is 18.3 Å². The smallest absolute Gasteiger partial charge is 0.321 e. The fourth-order valence-corrected chi connectivity index (χ4v) is 2.96. The number of aromatic nitrogens is 1. The number of carbonyl (C=O) groups excluding carboxylic acids is 1. The van der Waals surface area contributed by atoms with Gasteiger partial charge in [0.15, 0.2) is 5.82 Å². The minimum atomic E-state index is -0.573. The van der Waals surface area contributed by atoms with Gasteiger partial charge in [0.1, 0.15) is 0 Å². The second-order valence-electron chi connectivity index (χ2n) is 5.76. The highest BCUT2D eigenvalue weighted by Gasteiger charge is 2.41. The number of rotatable bonds is 3. The van der Waals surface area contributed by atoms with Gasteiger partial charge in [0, 0.05) is 24.7 Å². The summed E-state index contributed by atoms with van der Waals surface area (Å²) in [6, 6.07) is 10.7. The highest BCUT2D eigenvalue weighted by Crippen LogP contribution is 2.34. The van der Waals surface area contributed by atoms with Crippen LogP contribution in [0.1, 0.15) is 12.0 Å². The normalized spacial score (nSPS) is 20.5. The fraction of sp³-hybridized carbons (Fsp3) is 0.294. The number of halogens is 1. The Hall–Kier alpha value is -2.47. The van der Waals surface area contributed by atoms with Crippen LogP contribution in [-0.4, -0.2) is 40.7 Å². The van der Waals surface area contributed by atoms with Gasteiger partial charge in [-0.2, -0.15) is 0 Å². The van der Waals surface area contributed by atoms with Crippen LogP contribution < -0.4 is 5.32 Å². The summed E-state index contributed by atoms with van der Waals surface area (Å²) < 4.78 is 13.6. The maximum Gasteiger partial charge on any atom is 0.321 e. The van der Waals surface area contributed by atoms with Crippen LogP contribution in [0.5, 0.6) is 0 Å².